The van der Waals surface area contributed by atoms with Gasteiger partial charge >= 0.3 is 0 Å². The minimum absolute atomic E-state index is 0.198. The molecule has 0 saturated carbocycles. The van der Waals surface area contributed by atoms with Gasteiger partial charge < -0.3 is 4.98 Å². The molecule has 21 heavy (non-hydrogen) atoms. The van der Waals surface area contributed by atoms with Crippen LogP contribution in [0.2, 0.25) is 0 Å². The second-order valence-corrected chi connectivity index (χ2v) is 5.07. The monoisotopic (exact) mass is 297 g/mol. The summed E-state index contributed by atoms with van der Waals surface area (Å²) in [6.45, 7) is 1.91. The quantitative estimate of drug-likeness (QED) is 0.789. The van der Waals surface area contributed by atoms with E-state index < -0.39 is 0 Å². The van der Waals surface area contributed by atoms with Crippen molar-refractivity contribution in [1.82, 2.24) is 15.0 Å². The van der Waals surface area contributed by atoms with E-state index >= 15 is 0 Å². The number of hydrogen-bond acceptors (Lipinski definition) is 3. The Kier molecular flexibility index (Phi) is 3.54. The molecule has 2 heterocycles. The van der Waals surface area contributed by atoms with Crippen LogP contribution >= 0.6 is 11.6 Å². The second kappa shape index (κ2) is 5.50. The van der Waals surface area contributed by atoms with Gasteiger partial charge in [0.15, 0.2) is 5.82 Å². The predicted octanol–water partition coefficient (Wildman–Crippen LogP) is 3.36. The minimum Gasteiger partial charge on any atom is -0.305 e. The molecule has 0 saturated heterocycles. The number of halogens is 1. The zero-order chi connectivity index (χ0) is 14.8. The van der Waals surface area contributed by atoms with Crippen LogP contribution in [0.25, 0.3) is 22.0 Å². The number of nitrogens with zero attached hydrogens (tertiary/aromatic N) is 2. The highest BCUT2D eigenvalue weighted by atomic mass is 35.5. The molecule has 0 spiro atoms. The molecule has 0 radical (unpaired) electrons. The molecule has 0 atom stereocenters. The van der Waals surface area contributed by atoms with Gasteiger partial charge in [-0.2, -0.15) is 0 Å². The van der Waals surface area contributed by atoms with Crippen molar-refractivity contribution in [2.75, 3.05) is 0 Å². The van der Waals surface area contributed by atoms with E-state index in [1.807, 2.05) is 31.2 Å². The van der Waals surface area contributed by atoms with Gasteiger partial charge in [-0.15, -0.1) is 0 Å². The third-order valence-electron chi connectivity index (χ3n) is 3.14. The highest BCUT2D eigenvalue weighted by Crippen LogP contribution is 2.20. The van der Waals surface area contributed by atoms with Crippen LogP contribution in [0.15, 0.2) is 47.5 Å². The van der Waals surface area contributed by atoms with Crippen LogP contribution in [-0.4, -0.2) is 15.0 Å². The van der Waals surface area contributed by atoms with E-state index in [0.717, 1.165) is 11.1 Å². The Morgan fingerprint density at radius 2 is 2.14 bits per heavy atom. The maximum absolute atomic E-state index is 12.1. The third-order valence-corrected chi connectivity index (χ3v) is 3.43. The number of nitrogens with one attached hydrogen (secondary N) is 1. The number of aryl methyl sites for hydroxylation is 1. The van der Waals surface area contributed by atoms with Gasteiger partial charge in [0.1, 0.15) is 0 Å². The Balaban J connectivity index is 2.15. The Bertz CT molecular complexity index is 885. The fourth-order valence-corrected chi connectivity index (χ4v) is 2.31. The maximum atomic E-state index is 12.1. The summed E-state index contributed by atoms with van der Waals surface area (Å²) in [5.74, 6) is 0.354. The van der Waals surface area contributed by atoms with Crippen LogP contribution < -0.4 is 5.56 Å². The molecule has 0 fully saturated rings. The van der Waals surface area contributed by atoms with E-state index in [0.29, 0.717) is 21.8 Å². The standard InChI is InChI=1S/C16H12ClN3O/c1-10-4-2-6-12-14(10)19-15(20-16(12)21)13(17)8-11-5-3-7-18-9-11/h2-9H,1H3,(H,19,20,21). The number of pyridine rings is 1. The Morgan fingerprint density at radius 1 is 1.29 bits per heavy atom. The van der Waals surface area contributed by atoms with E-state index in [1.54, 1.807) is 24.5 Å². The van der Waals surface area contributed by atoms with Gasteiger partial charge in [0.05, 0.1) is 15.9 Å². The summed E-state index contributed by atoms with van der Waals surface area (Å²) in [4.78, 5) is 23.3. The molecular weight excluding hydrogens is 286 g/mol. The van der Waals surface area contributed by atoms with E-state index in [1.165, 1.54) is 0 Å². The molecule has 2 aromatic heterocycles. The summed E-state index contributed by atoms with van der Waals surface area (Å²) in [7, 11) is 0. The van der Waals surface area contributed by atoms with Crippen molar-refractivity contribution < 1.29 is 0 Å². The number of H-pyrrole nitrogens is 1. The number of aromatic nitrogens is 3. The Morgan fingerprint density at radius 3 is 2.90 bits per heavy atom. The largest absolute Gasteiger partial charge is 0.305 e. The normalized spacial score (nSPS) is 11.8. The topological polar surface area (TPSA) is 58.6 Å². The smallest absolute Gasteiger partial charge is 0.259 e. The first-order chi connectivity index (χ1) is 10.1. The number of benzene rings is 1. The van der Waals surface area contributed by atoms with Gasteiger partial charge in [0.2, 0.25) is 0 Å². The van der Waals surface area contributed by atoms with E-state index in [-0.39, 0.29) is 5.56 Å². The number of aromatic amines is 1. The van der Waals surface area contributed by atoms with E-state index in [2.05, 4.69) is 15.0 Å². The summed E-state index contributed by atoms with van der Waals surface area (Å²) in [6.07, 6.45) is 5.09. The van der Waals surface area contributed by atoms with Crippen LogP contribution in [0.3, 0.4) is 0 Å². The van der Waals surface area contributed by atoms with Crippen molar-refractivity contribution in [2.45, 2.75) is 6.92 Å². The summed E-state index contributed by atoms with van der Waals surface area (Å²) in [5, 5.41) is 0.926. The molecule has 0 amide bonds. The van der Waals surface area contributed by atoms with Crippen molar-refractivity contribution in [3.8, 4) is 0 Å². The molecule has 1 N–H and O–H groups in total. The summed E-state index contributed by atoms with van der Waals surface area (Å²) in [6, 6.07) is 9.19. The second-order valence-electron chi connectivity index (χ2n) is 4.66. The first-order valence-electron chi connectivity index (χ1n) is 6.42. The van der Waals surface area contributed by atoms with Gasteiger partial charge in [0, 0.05) is 12.4 Å². The molecule has 0 aliphatic heterocycles. The van der Waals surface area contributed by atoms with Gasteiger partial charge in [0.25, 0.3) is 5.56 Å². The lowest BCUT2D eigenvalue weighted by Gasteiger charge is -2.04. The number of rotatable bonds is 2. The zero-order valence-electron chi connectivity index (χ0n) is 11.3. The molecule has 0 bridgehead atoms. The lowest BCUT2D eigenvalue weighted by atomic mass is 10.1. The highest BCUT2D eigenvalue weighted by Gasteiger charge is 2.08. The average molecular weight is 298 g/mol. The van der Waals surface area contributed by atoms with Crippen molar-refractivity contribution >= 4 is 33.6 Å². The van der Waals surface area contributed by atoms with Crippen molar-refractivity contribution in [3.63, 3.8) is 0 Å². The van der Waals surface area contributed by atoms with Crippen LogP contribution in [-0.2, 0) is 0 Å². The van der Waals surface area contributed by atoms with Crippen LogP contribution in [0.4, 0.5) is 0 Å². The average Bonchev–Trinajstić information content (AvgIpc) is 2.49. The van der Waals surface area contributed by atoms with E-state index in [4.69, 9.17) is 11.6 Å². The van der Waals surface area contributed by atoms with Crippen molar-refractivity contribution in [2.24, 2.45) is 0 Å². The van der Waals surface area contributed by atoms with Crippen LogP contribution in [0.5, 0.6) is 0 Å². The number of fused-ring (bicyclic) bond motifs is 1. The molecule has 0 unspecified atom stereocenters. The highest BCUT2D eigenvalue weighted by molar-refractivity contribution is 6.50. The molecular formula is C16H12ClN3O. The molecule has 104 valence electrons. The molecule has 4 nitrogen and oxygen atoms in total. The lowest BCUT2D eigenvalue weighted by Crippen LogP contribution is -2.11. The van der Waals surface area contributed by atoms with Crippen molar-refractivity contribution in [3.05, 3.63) is 70.0 Å². The van der Waals surface area contributed by atoms with E-state index in [9.17, 15) is 4.79 Å². The summed E-state index contributed by atoms with van der Waals surface area (Å²) >= 11 is 6.27. The Hall–Kier alpha value is -2.46. The molecule has 3 rings (SSSR count). The summed E-state index contributed by atoms with van der Waals surface area (Å²) < 4.78 is 0. The SMILES string of the molecule is Cc1cccc2c(=O)[nH]c(C(Cl)=Cc3cccnc3)nc12. The molecule has 1 aromatic carbocycles. The minimum atomic E-state index is -0.198. The Labute approximate surface area is 126 Å². The molecule has 5 heteroatoms. The van der Waals surface area contributed by atoms with Gasteiger partial charge in [-0.1, -0.05) is 29.8 Å². The number of hydrogen-bond donors (Lipinski definition) is 1. The molecule has 0 aliphatic carbocycles. The zero-order valence-corrected chi connectivity index (χ0v) is 12.1. The lowest BCUT2D eigenvalue weighted by molar-refractivity contribution is 1.13. The fourth-order valence-electron chi connectivity index (χ4n) is 2.09. The molecule has 3 aromatic rings. The fraction of sp³-hybridized carbons (Fsp3) is 0.0625. The van der Waals surface area contributed by atoms with Crippen molar-refractivity contribution in [1.29, 1.82) is 0 Å². The third kappa shape index (κ3) is 2.71. The maximum Gasteiger partial charge on any atom is 0.259 e. The van der Waals surface area contributed by atoms with Crippen LogP contribution in [0, 0.1) is 6.92 Å². The number of para-hydroxylation sites is 1. The molecule has 0 aliphatic rings. The predicted molar refractivity (Wildman–Crippen MR) is 85.1 cm³/mol. The first kappa shape index (κ1) is 13.5. The van der Waals surface area contributed by atoms with Crippen LogP contribution in [0.1, 0.15) is 17.0 Å². The van der Waals surface area contributed by atoms with Gasteiger partial charge in [-0.3, -0.25) is 9.78 Å². The van der Waals surface area contributed by atoms with Gasteiger partial charge in [-0.05, 0) is 36.3 Å². The summed E-state index contributed by atoms with van der Waals surface area (Å²) in [5.41, 5.74) is 2.24. The van der Waals surface area contributed by atoms with Gasteiger partial charge in [-0.25, -0.2) is 4.98 Å². The first-order valence-corrected chi connectivity index (χ1v) is 6.80.